The number of para-hydroxylation sites is 1. The quantitative estimate of drug-likeness (QED) is 0.702. The predicted molar refractivity (Wildman–Crippen MR) is 101 cm³/mol. The number of nitrogens with two attached hydrogens (primary N) is 1. The fraction of sp³-hybridized carbons (Fsp3) is 0.316. The number of pyridine rings is 1. The molecule has 0 radical (unpaired) electrons. The Morgan fingerprint density at radius 2 is 2.00 bits per heavy atom. The van der Waals surface area contributed by atoms with Gasteiger partial charge in [0.15, 0.2) is 11.6 Å². The van der Waals surface area contributed by atoms with E-state index in [0.29, 0.717) is 29.1 Å². The molecule has 6 nitrogen and oxygen atoms in total. The maximum atomic E-state index is 6.19. The van der Waals surface area contributed by atoms with Gasteiger partial charge < -0.3 is 15.8 Å². The first kappa shape index (κ1) is 17.0. The van der Waals surface area contributed by atoms with Crippen molar-refractivity contribution in [3.05, 3.63) is 42.4 Å². The largest absolute Gasteiger partial charge is 0.435 e. The van der Waals surface area contributed by atoms with E-state index in [9.17, 15) is 0 Å². The van der Waals surface area contributed by atoms with Gasteiger partial charge in [-0.15, -0.1) is 0 Å². The van der Waals surface area contributed by atoms with E-state index in [1.54, 1.807) is 0 Å². The molecule has 3 aromatic rings. The number of hydrogen-bond acceptors (Lipinski definition) is 6. The molecule has 25 heavy (non-hydrogen) atoms. The zero-order valence-electron chi connectivity index (χ0n) is 14.8. The summed E-state index contributed by atoms with van der Waals surface area (Å²) >= 11 is 0. The van der Waals surface area contributed by atoms with Crippen LogP contribution in [0.5, 0.6) is 11.6 Å². The van der Waals surface area contributed by atoms with Crippen molar-refractivity contribution in [2.75, 3.05) is 17.6 Å². The molecule has 0 aliphatic carbocycles. The summed E-state index contributed by atoms with van der Waals surface area (Å²) in [7, 11) is 0. The van der Waals surface area contributed by atoms with Crippen LogP contribution < -0.4 is 15.8 Å². The molecule has 0 saturated carbocycles. The second-order valence-corrected chi connectivity index (χ2v) is 6.43. The van der Waals surface area contributed by atoms with Crippen molar-refractivity contribution in [3.8, 4) is 11.6 Å². The van der Waals surface area contributed by atoms with E-state index in [-0.39, 0.29) is 0 Å². The van der Waals surface area contributed by atoms with E-state index in [1.165, 1.54) is 6.33 Å². The third kappa shape index (κ3) is 3.96. The van der Waals surface area contributed by atoms with Crippen molar-refractivity contribution < 1.29 is 4.74 Å². The van der Waals surface area contributed by atoms with Gasteiger partial charge in [0.1, 0.15) is 17.5 Å². The van der Waals surface area contributed by atoms with E-state index in [2.05, 4.69) is 34.1 Å². The standard InChI is InChI=1S/C19H23N5O/c1-12(2)9-10-21-18-16(20)19(23-11-22-18)25-15-6-4-5-14-8-7-13(3)24-17(14)15/h4-8,11-12H,9-10,20H2,1-3H3,(H,21,22,23). The topological polar surface area (TPSA) is 86.0 Å². The normalized spacial score (nSPS) is 11.0. The molecule has 3 rings (SSSR count). The van der Waals surface area contributed by atoms with Crippen LogP contribution in [0.25, 0.3) is 10.9 Å². The van der Waals surface area contributed by atoms with Gasteiger partial charge in [0, 0.05) is 17.6 Å². The Morgan fingerprint density at radius 3 is 2.80 bits per heavy atom. The highest BCUT2D eigenvalue weighted by atomic mass is 16.5. The van der Waals surface area contributed by atoms with Crippen LogP contribution in [0, 0.1) is 12.8 Å². The lowest BCUT2D eigenvalue weighted by atomic mass is 10.1. The van der Waals surface area contributed by atoms with Crippen LogP contribution in [0.1, 0.15) is 26.0 Å². The smallest absolute Gasteiger partial charge is 0.248 e. The molecule has 2 aromatic heterocycles. The Morgan fingerprint density at radius 1 is 1.16 bits per heavy atom. The average molecular weight is 337 g/mol. The Balaban J connectivity index is 1.87. The lowest BCUT2D eigenvalue weighted by Crippen LogP contribution is -2.09. The maximum Gasteiger partial charge on any atom is 0.248 e. The third-order valence-corrected chi connectivity index (χ3v) is 3.89. The van der Waals surface area contributed by atoms with Crippen LogP contribution in [0.15, 0.2) is 36.7 Å². The van der Waals surface area contributed by atoms with Crippen LogP contribution >= 0.6 is 0 Å². The molecule has 0 saturated heterocycles. The molecular weight excluding hydrogens is 314 g/mol. The minimum atomic E-state index is 0.331. The number of nitrogens with zero attached hydrogens (tertiary/aromatic N) is 3. The van der Waals surface area contributed by atoms with Gasteiger partial charge >= 0.3 is 0 Å². The number of fused-ring (bicyclic) bond motifs is 1. The summed E-state index contributed by atoms with van der Waals surface area (Å²) in [4.78, 5) is 13.0. The lowest BCUT2D eigenvalue weighted by molar-refractivity contribution is 0.468. The summed E-state index contributed by atoms with van der Waals surface area (Å²) < 4.78 is 5.97. The highest BCUT2D eigenvalue weighted by molar-refractivity contribution is 5.85. The highest BCUT2D eigenvalue weighted by Gasteiger charge is 2.12. The fourth-order valence-electron chi connectivity index (χ4n) is 2.48. The van der Waals surface area contributed by atoms with Crippen molar-refractivity contribution >= 4 is 22.4 Å². The number of benzene rings is 1. The number of aryl methyl sites for hydroxylation is 1. The summed E-state index contributed by atoms with van der Waals surface area (Å²) in [5, 5.41) is 4.25. The van der Waals surface area contributed by atoms with Gasteiger partial charge in [-0.05, 0) is 31.4 Å². The Kier molecular flexibility index (Phi) is 4.97. The molecule has 0 aliphatic heterocycles. The van der Waals surface area contributed by atoms with Gasteiger partial charge in [-0.1, -0.05) is 32.0 Å². The van der Waals surface area contributed by atoms with Gasteiger partial charge in [-0.25, -0.2) is 9.97 Å². The van der Waals surface area contributed by atoms with E-state index in [1.807, 2.05) is 37.3 Å². The molecule has 0 amide bonds. The molecule has 6 heteroatoms. The Bertz CT molecular complexity index is 879. The highest BCUT2D eigenvalue weighted by Crippen LogP contribution is 2.32. The van der Waals surface area contributed by atoms with Crippen LogP contribution in [-0.4, -0.2) is 21.5 Å². The maximum absolute atomic E-state index is 6.19. The van der Waals surface area contributed by atoms with Gasteiger partial charge in [-0.2, -0.15) is 4.98 Å². The number of anilines is 2. The second kappa shape index (κ2) is 7.34. The first-order chi connectivity index (χ1) is 12.0. The van der Waals surface area contributed by atoms with Crippen LogP contribution in [0.3, 0.4) is 0 Å². The summed E-state index contributed by atoms with van der Waals surface area (Å²) in [6.45, 7) is 7.10. The number of nitrogen functional groups attached to an aromatic ring is 1. The monoisotopic (exact) mass is 337 g/mol. The molecule has 0 aliphatic rings. The van der Waals surface area contributed by atoms with Crippen molar-refractivity contribution in [1.29, 1.82) is 0 Å². The average Bonchev–Trinajstić information content (AvgIpc) is 2.58. The van der Waals surface area contributed by atoms with Gasteiger partial charge in [-0.3, -0.25) is 0 Å². The molecule has 2 heterocycles. The van der Waals surface area contributed by atoms with Gasteiger partial charge in [0.05, 0.1) is 0 Å². The van der Waals surface area contributed by atoms with E-state index in [4.69, 9.17) is 10.5 Å². The number of aromatic nitrogens is 3. The van der Waals surface area contributed by atoms with Gasteiger partial charge in [0.25, 0.3) is 0 Å². The zero-order valence-corrected chi connectivity index (χ0v) is 14.8. The molecule has 0 spiro atoms. The zero-order chi connectivity index (χ0) is 17.8. The Hall–Kier alpha value is -2.89. The first-order valence-corrected chi connectivity index (χ1v) is 8.43. The molecule has 0 unspecified atom stereocenters. The van der Waals surface area contributed by atoms with Crippen molar-refractivity contribution in [1.82, 2.24) is 15.0 Å². The van der Waals surface area contributed by atoms with E-state index >= 15 is 0 Å². The summed E-state index contributed by atoms with van der Waals surface area (Å²) in [5.74, 6) is 2.16. The number of nitrogens with one attached hydrogen (secondary N) is 1. The summed E-state index contributed by atoms with van der Waals surface area (Å²) in [5.41, 5.74) is 8.30. The van der Waals surface area contributed by atoms with Crippen molar-refractivity contribution in [2.24, 2.45) is 5.92 Å². The first-order valence-electron chi connectivity index (χ1n) is 8.43. The number of ether oxygens (including phenoxy) is 1. The third-order valence-electron chi connectivity index (χ3n) is 3.89. The summed E-state index contributed by atoms with van der Waals surface area (Å²) in [6, 6.07) is 9.78. The minimum Gasteiger partial charge on any atom is -0.435 e. The van der Waals surface area contributed by atoms with E-state index in [0.717, 1.165) is 29.6 Å². The number of rotatable bonds is 6. The van der Waals surface area contributed by atoms with Crippen LogP contribution in [-0.2, 0) is 0 Å². The summed E-state index contributed by atoms with van der Waals surface area (Å²) in [6.07, 6.45) is 2.49. The molecule has 3 N–H and O–H groups in total. The van der Waals surface area contributed by atoms with E-state index < -0.39 is 0 Å². The molecule has 1 aromatic carbocycles. The molecular formula is C19H23N5O. The predicted octanol–water partition coefficient (Wildman–Crippen LogP) is 4.17. The number of hydrogen-bond donors (Lipinski definition) is 2. The van der Waals surface area contributed by atoms with Crippen LogP contribution in [0.4, 0.5) is 11.5 Å². The fourth-order valence-corrected chi connectivity index (χ4v) is 2.48. The molecule has 0 fully saturated rings. The SMILES string of the molecule is Cc1ccc2cccc(Oc3ncnc(NCCC(C)C)c3N)c2n1. The lowest BCUT2D eigenvalue weighted by Gasteiger charge is -2.13. The molecule has 0 atom stereocenters. The Labute approximate surface area is 147 Å². The van der Waals surface area contributed by atoms with Crippen LogP contribution in [0.2, 0.25) is 0 Å². The minimum absolute atomic E-state index is 0.331. The van der Waals surface area contributed by atoms with Gasteiger partial charge in [0.2, 0.25) is 5.88 Å². The van der Waals surface area contributed by atoms with Crippen molar-refractivity contribution in [2.45, 2.75) is 27.2 Å². The van der Waals surface area contributed by atoms with Crippen molar-refractivity contribution in [3.63, 3.8) is 0 Å². The molecule has 0 bridgehead atoms. The second-order valence-electron chi connectivity index (χ2n) is 6.43. The molecule has 130 valence electrons.